The molecule has 11 heteroatoms. The minimum Gasteiger partial charge on any atom is -0.444 e. The zero-order chi connectivity index (χ0) is 29.0. The van der Waals surface area contributed by atoms with Gasteiger partial charge in [0.2, 0.25) is 5.43 Å². The Morgan fingerprint density at radius 2 is 1.83 bits per heavy atom. The van der Waals surface area contributed by atoms with Crippen molar-refractivity contribution < 1.29 is 9.53 Å². The molecule has 0 aliphatic carbocycles. The van der Waals surface area contributed by atoms with Gasteiger partial charge in [-0.1, -0.05) is 18.2 Å². The smallest absolute Gasteiger partial charge is 0.407 e. The van der Waals surface area contributed by atoms with E-state index >= 15 is 0 Å². The Labute approximate surface area is 239 Å². The standard InChI is InChI=1S/C30H36N8O3/c1-30(2,3)41-29(40)34-24-8-11-37(12-9-24)19-22-16-31-28(32-17-22)23-7-5-6-21(14-23)15-26-27(39)10-13-38(35-26)25-18-33-36(4)20-25/h5-7,10,13-14,16-18,20,24H,8-9,11-12,15,19H2,1-4H3,(H,34,40). The van der Waals surface area contributed by atoms with E-state index in [0.29, 0.717) is 17.9 Å². The number of carbonyl (C=O) groups is 1. The normalized spacial score (nSPS) is 14.6. The lowest BCUT2D eigenvalue weighted by atomic mass is 10.0. The maximum atomic E-state index is 12.5. The zero-order valence-electron chi connectivity index (χ0n) is 23.9. The van der Waals surface area contributed by atoms with E-state index in [0.717, 1.165) is 54.9 Å². The lowest BCUT2D eigenvalue weighted by Gasteiger charge is -2.32. The van der Waals surface area contributed by atoms with E-state index in [1.54, 1.807) is 21.8 Å². The summed E-state index contributed by atoms with van der Waals surface area (Å²) in [6.07, 6.45) is 10.7. The first-order valence-corrected chi connectivity index (χ1v) is 13.8. The number of likely N-dealkylation sites (tertiary alicyclic amines) is 1. The van der Waals surface area contributed by atoms with Crippen molar-refractivity contribution in [3.63, 3.8) is 0 Å². The molecule has 214 valence electrons. The zero-order valence-corrected chi connectivity index (χ0v) is 23.9. The molecule has 1 aliphatic rings. The first kappa shape index (κ1) is 28.2. The number of nitrogens with zero attached hydrogens (tertiary/aromatic N) is 7. The summed E-state index contributed by atoms with van der Waals surface area (Å²) in [4.78, 5) is 36.2. The van der Waals surface area contributed by atoms with E-state index in [-0.39, 0.29) is 17.6 Å². The summed E-state index contributed by atoms with van der Waals surface area (Å²) in [6, 6.07) is 9.53. The summed E-state index contributed by atoms with van der Waals surface area (Å²) in [5.41, 5.74) is 3.50. The molecule has 4 heterocycles. The lowest BCUT2D eigenvalue weighted by Crippen LogP contribution is -2.45. The molecule has 0 atom stereocenters. The van der Waals surface area contributed by atoms with Crippen LogP contribution >= 0.6 is 0 Å². The Morgan fingerprint density at radius 3 is 2.51 bits per heavy atom. The molecule has 1 amide bonds. The summed E-state index contributed by atoms with van der Waals surface area (Å²) >= 11 is 0. The molecule has 0 radical (unpaired) electrons. The number of aromatic nitrogens is 6. The van der Waals surface area contributed by atoms with Crippen molar-refractivity contribution in [1.82, 2.24) is 39.7 Å². The van der Waals surface area contributed by atoms with E-state index in [2.05, 4.69) is 30.4 Å². The van der Waals surface area contributed by atoms with Gasteiger partial charge >= 0.3 is 6.09 Å². The maximum absolute atomic E-state index is 12.5. The molecule has 1 aromatic carbocycles. The van der Waals surface area contributed by atoms with Crippen molar-refractivity contribution in [3.8, 4) is 17.1 Å². The predicted octanol–water partition coefficient (Wildman–Crippen LogP) is 3.50. The van der Waals surface area contributed by atoms with Crippen molar-refractivity contribution in [3.05, 3.63) is 88.4 Å². The van der Waals surface area contributed by atoms with Gasteiger partial charge in [0, 0.05) is 74.9 Å². The molecule has 0 spiro atoms. The topological polar surface area (TPSA) is 120 Å². The molecule has 5 rings (SSSR count). The highest BCUT2D eigenvalue weighted by Gasteiger charge is 2.23. The van der Waals surface area contributed by atoms with E-state index in [1.807, 2.05) is 70.7 Å². The summed E-state index contributed by atoms with van der Waals surface area (Å²) in [7, 11) is 1.84. The van der Waals surface area contributed by atoms with Crippen molar-refractivity contribution in [2.24, 2.45) is 7.05 Å². The second kappa shape index (κ2) is 12.0. The number of hydrogen-bond acceptors (Lipinski definition) is 8. The van der Waals surface area contributed by atoms with E-state index in [9.17, 15) is 9.59 Å². The van der Waals surface area contributed by atoms with Crippen LogP contribution in [0.5, 0.6) is 0 Å². The first-order chi connectivity index (χ1) is 19.6. The second-order valence-electron chi connectivity index (χ2n) is 11.4. The summed E-state index contributed by atoms with van der Waals surface area (Å²) in [5.74, 6) is 0.629. The Kier molecular flexibility index (Phi) is 8.25. The maximum Gasteiger partial charge on any atom is 0.407 e. The molecule has 1 saturated heterocycles. The quantitative estimate of drug-likeness (QED) is 0.367. The molecule has 1 fully saturated rings. The van der Waals surface area contributed by atoms with E-state index < -0.39 is 5.60 Å². The van der Waals surface area contributed by atoms with Gasteiger partial charge in [0.1, 0.15) is 17.0 Å². The van der Waals surface area contributed by atoms with Crippen LogP contribution in [-0.2, 0) is 24.8 Å². The number of carbonyl (C=O) groups excluding carboxylic acids is 1. The van der Waals surface area contributed by atoms with Crippen molar-refractivity contribution >= 4 is 6.09 Å². The minimum atomic E-state index is -0.498. The fraction of sp³-hybridized carbons (Fsp3) is 0.400. The van der Waals surface area contributed by atoms with Crippen LogP contribution in [0.25, 0.3) is 17.1 Å². The Bertz CT molecular complexity index is 1550. The number of piperidine rings is 1. The molecular weight excluding hydrogens is 520 g/mol. The number of amides is 1. The highest BCUT2D eigenvalue weighted by Crippen LogP contribution is 2.19. The number of benzene rings is 1. The SMILES string of the molecule is Cn1cc(-n2ccc(=O)c(Cc3cccc(-c4ncc(CN5CCC(NC(=O)OC(C)(C)C)CC5)cn4)c3)n2)cn1. The van der Waals surface area contributed by atoms with Gasteiger partial charge in [0.15, 0.2) is 5.82 Å². The summed E-state index contributed by atoms with van der Waals surface area (Å²) < 4.78 is 8.73. The summed E-state index contributed by atoms with van der Waals surface area (Å²) in [6.45, 7) is 8.10. The van der Waals surface area contributed by atoms with Crippen molar-refractivity contribution in [2.45, 2.75) is 58.2 Å². The summed E-state index contributed by atoms with van der Waals surface area (Å²) in [5, 5.41) is 11.7. The van der Waals surface area contributed by atoms with Gasteiger partial charge in [-0.3, -0.25) is 14.4 Å². The highest BCUT2D eigenvalue weighted by atomic mass is 16.6. The minimum absolute atomic E-state index is 0.110. The molecular formula is C30H36N8O3. The van der Waals surface area contributed by atoms with Crippen LogP contribution in [0.4, 0.5) is 4.79 Å². The van der Waals surface area contributed by atoms with Gasteiger partial charge < -0.3 is 10.1 Å². The van der Waals surface area contributed by atoms with Gasteiger partial charge in [0.25, 0.3) is 0 Å². The number of rotatable bonds is 7. The molecule has 41 heavy (non-hydrogen) atoms. The Morgan fingerprint density at radius 1 is 1.07 bits per heavy atom. The van der Waals surface area contributed by atoms with Gasteiger partial charge in [-0.05, 0) is 45.2 Å². The number of aryl methyl sites for hydroxylation is 1. The van der Waals surface area contributed by atoms with Crippen molar-refractivity contribution in [1.29, 1.82) is 0 Å². The molecule has 1 aliphatic heterocycles. The first-order valence-electron chi connectivity index (χ1n) is 13.8. The third-order valence-electron chi connectivity index (χ3n) is 6.81. The number of hydrogen-bond donors (Lipinski definition) is 1. The second-order valence-corrected chi connectivity index (χ2v) is 11.4. The van der Waals surface area contributed by atoms with Crippen LogP contribution in [0.2, 0.25) is 0 Å². The van der Waals surface area contributed by atoms with Crippen LogP contribution < -0.4 is 10.7 Å². The van der Waals surface area contributed by atoms with Gasteiger partial charge in [0.05, 0.1) is 12.4 Å². The Balaban J connectivity index is 1.18. The Hall–Kier alpha value is -4.38. The molecule has 0 unspecified atom stereocenters. The van der Waals surface area contributed by atoms with Gasteiger partial charge in [-0.15, -0.1) is 0 Å². The molecule has 11 nitrogen and oxygen atoms in total. The van der Waals surface area contributed by atoms with Crippen LogP contribution in [0.3, 0.4) is 0 Å². The average molecular weight is 557 g/mol. The number of alkyl carbamates (subject to hydrolysis) is 1. The fourth-order valence-electron chi connectivity index (χ4n) is 4.81. The third-order valence-corrected chi connectivity index (χ3v) is 6.81. The van der Waals surface area contributed by atoms with Gasteiger partial charge in [-0.25, -0.2) is 19.4 Å². The number of nitrogens with one attached hydrogen (secondary N) is 1. The van der Waals surface area contributed by atoms with Crippen LogP contribution in [-0.4, -0.2) is 65.3 Å². The molecule has 4 aromatic rings. The monoisotopic (exact) mass is 556 g/mol. The molecule has 1 N–H and O–H groups in total. The average Bonchev–Trinajstić information content (AvgIpc) is 3.37. The lowest BCUT2D eigenvalue weighted by molar-refractivity contribution is 0.0477. The molecule has 0 bridgehead atoms. The fourth-order valence-corrected chi connectivity index (χ4v) is 4.81. The molecule has 3 aromatic heterocycles. The van der Waals surface area contributed by atoms with Gasteiger partial charge in [-0.2, -0.15) is 10.2 Å². The van der Waals surface area contributed by atoms with Crippen LogP contribution in [0, 0.1) is 0 Å². The van der Waals surface area contributed by atoms with E-state index in [4.69, 9.17) is 4.74 Å². The molecule has 0 saturated carbocycles. The van der Waals surface area contributed by atoms with E-state index in [1.165, 1.54) is 6.07 Å². The van der Waals surface area contributed by atoms with Crippen LogP contribution in [0.15, 0.2) is 66.1 Å². The van der Waals surface area contributed by atoms with Crippen molar-refractivity contribution in [2.75, 3.05) is 13.1 Å². The highest BCUT2D eigenvalue weighted by molar-refractivity contribution is 5.68. The van der Waals surface area contributed by atoms with Crippen LogP contribution in [0.1, 0.15) is 50.4 Å². The number of ether oxygens (including phenoxy) is 1. The third kappa shape index (κ3) is 7.63. The largest absolute Gasteiger partial charge is 0.444 e. The predicted molar refractivity (Wildman–Crippen MR) is 155 cm³/mol.